The second kappa shape index (κ2) is 7.98. The molecule has 0 bridgehead atoms. The lowest BCUT2D eigenvalue weighted by molar-refractivity contribution is 0.0952. The molecule has 0 radical (unpaired) electrons. The maximum Gasteiger partial charge on any atom is 0.252 e. The number of aromatic nitrogens is 1. The largest absolute Gasteiger partial charge is 0.497 e. The third kappa shape index (κ3) is 4.48. The number of methoxy groups -OCH3 is 1. The van der Waals surface area contributed by atoms with E-state index in [1.807, 2.05) is 35.2 Å². The molecular weight excluding hydrogens is 318 g/mol. The number of carbonyl (C=O) groups excluding carboxylic acids is 1. The molecule has 0 spiro atoms. The molecule has 132 valence electrons. The van der Waals surface area contributed by atoms with Gasteiger partial charge in [-0.15, -0.1) is 0 Å². The summed E-state index contributed by atoms with van der Waals surface area (Å²) in [6.45, 7) is 1.82. The topological polar surface area (TPSA) is 74.7 Å². The first-order valence-corrected chi connectivity index (χ1v) is 8.46. The van der Waals surface area contributed by atoms with Crippen molar-refractivity contribution in [1.29, 1.82) is 0 Å². The quantitative estimate of drug-likeness (QED) is 0.749. The smallest absolute Gasteiger partial charge is 0.252 e. The minimum Gasteiger partial charge on any atom is -0.497 e. The minimum atomic E-state index is -0.268. The average Bonchev–Trinajstić information content (AvgIpc) is 2.63. The van der Waals surface area contributed by atoms with Crippen molar-refractivity contribution >= 4 is 11.7 Å². The highest BCUT2D eigenvalue weighted by Gasteiger charge is 2.25. The van der Waals surface area contributed by atoms with Gasteiger partial charge >= 0.3 is 0 Å². The predicted octanol–water partition coefficient (Wildman–Crippen LogP) is 1.63. The van der Waals surface area contributed by atoms with E-state index in [-0.39, 0.29) is 12.0 Å². The van der Waals surface area contributed by atoms with Crippen LogP contribution in [-0.4, -0.2) is 48.8 Å². The predicted molar refractivity (Wildman–Crippen MR) is 96.1 cm³/mol. The Morgan fingerprint density at radius 1 is 1.28 bits per heavy atom. The molecule has 1 aliphatic rings. The lowest BCUT2D eigenvalue weighted by atomic mass is 10.1. The Labute approximate surface area is 147 Å². The van der Waals surface area contributed by atoms with Gasteiger partial charge < -0.3 is 20.1 Å². The number of rotatable bonds is 7. The lowest BCUT2D eigenvalue weighted by Crippen LogP contribution is -2.51. The van der Waals surface area contributed by atoms with Gasteiger partial charge in [-0.1, -0.05) is 12.1 Å². The van der Waals surface area contributed by atoms with Crippen LogP contribution in [0.5, 0.6) is 5.75 Å². The second-order valence-electron chi connectivity index (χ2n) is 6.17. The molecule has 2 heterocycles. The number of amides is 1. The van der Waals surface area contributed by atoms with Gasteiger partial charge in [0.1, 0.15) is 11.6 Å². The standard InChI is InChI=1S/C19H23N3O3/c1-25-17-7-4-14(5-8-17)3-2-10-20-19(24)15-6-9-18(21-11-15)22-12-16(23)13-22/h4-9,11,16,23H,2-3,10,12-13H2,1H3,(H,20,24). The minimum absolute atomic E-state index is 0.113. The van der Waals surface area contributed by atoms with Gasteiger partial charge in [-0.25, -0.2) is 4.98 Å². The van der Waals surface area contributed by atoms with E-state index < -0.39 is 0 Å². The molecule has 1 aliphatic heterocycles. The SMILES string of the molecule is COc1ccc(CCCNC(=O)c2ccc(N3CC(O)C3)nc2)cc1. The maximum atomic E-state index is 12.1. The van der Waals surface area contributed by atoms with Gasteiger partial charge in [0.05, 0.1) is 18.8 Å². The number of aliphatic hydroxyl groups is 1. The molecule has 2 aromatic rings. The van der Waals surface area contributed by atoms with Crippen molar-refractivity contribution in [2.45, 2.75) is 18.9 Å². The zero-order valence-corrected chi connectivity index (χ0v) is 14.3. The molecule has 2 N–H and O–H groups in total. The average molecular weight is 341 g/mol. The summed E-state index contributed by atoms with van der Waals surface area (Å²) in [5, 5.41) is 12.2. The number of aryl methyl sites for hydroxylation is 1. The molecule has 3 rings (SSSR count). The van der Waals surface area contributed by atoms with E-state index in [2.05, 4.69) is 10.3 Å². The summed E-state index contributed by atoms with van der Waals surface area (Å²) in [6, 6.07) is 11.5. The van der Waals surface area contributed by atoms with Crippen molar-refractivity contribution in [1.82, 2.24) is 10.3 Å². The fraction of sp³-hybridized carbons (Fsp3) is 0.368. The van der Waals surface area contributed by atoms with Gasteiger partial charge in [0.2, 0.25) is 0 Å². The highest BCUT2D eigenvalue weighted by Crippen LogP contribution is 2.18. The van der Waals surface area contributed by atoms with Gasteiger partial charge in [0.15, 0.2) is 0 Å². The van der Waals surface area contributed by atoms with Crippen molar-refractivity contribution in [2.24, 2.45) is 0 Å². The normalized spacial score (nSPS) is 14.1. The molecule has 1 fully saturated rings. The van der Waals surface area contributed by atoms with E-state index >= 15 is 0 Å². The Hall–Kier alpha value is -2.60. The summed E-state index contributed by atoms with van der Waals surface area (Å²) in [7, 11) is 1.65. The van der Waals surface area contributed by atoms with E-state index in [0.29, 0.717) is 25.2 Å². The summed E-state index contributed by atoms with van der Waals surface area (Å²) < 4.78 is 5.14. The molecule has 1 aromatic carbocycles. The summed E-state index contributed by atoms with van der Waals surface area (Å²) in [6.07, 6.45) is 3.09. The van der Waals surface area contributed by atoms with Crippen LogP contribution in [-0.2, 0) is 6.42 Å². The molecule has 1 aromatic heterocycles. The Balaban J connectivity index is 1.41. The number of β-amino-alcohol motifs (C(OH)–C–C–N with tert-alkyl or cyclic N) is 1. The van der Waals surface area contributed by atoms with Crippen molar-refractivity contribution in [3.05, 3.63) is 53.7 Å². The van der Waals surface area contributed by atoms with E-state index in [0.717, 1.165) is 24.4 Å². The number of nitrogens with one attached hydrogen (secondary N) is 1. The monoisotopic (exact) mass is 341 g/mol. The Morgan fingerprint density at radius 3 is 2.64 bits per heavy atom. The van der Waals surface area contributed by atoms with E-state index in [9.17, 15) is 9.90 Å². The van der Waals surface area contributed by atoms with E-state index in [1.165, 1.54) is 5.56 Å². The Kier molecular flexibility index (Phi) is 5.50. The van der Waals surface area contributed by atoms with Gasteiger partial charge in [-0.2, -0.15) is 0 Å². The second-order valence-corrected chi connectivity index (χ2v) is 6.17. The number of anilines is 1. The number of pyridine rings is 1. The van der Waals surface area contributed by atoms with Crippen LogP contribution >= 0.6 is 0 Å². The van der Waals surface area contributed by atoms with Crippen LogP contribution in [0.15, 0.2) is 42.6 Å². The molecule has 1 amide bonds. The van der Waals surface area contributed by atoms with Crippen LogP contribution < -0.4 is 15.0 Å². The fourth-order valence-corrected chi connectivity index (χ4v) is 2.74. The summed E-state index contributed by atoms with van der Waals surface area (Å²) >= 11 is 0. The number of benzene rings is 1. The highest BCUT2D eigenvalue weighted by molar-refractivity contribution is 5.94. The van der Waals surface area contributed by atoms with Crippen molar-refractivity contribution in [3.8, 4) is 5.75 Å². The number of carbonyl (C=O) groups is 1. The first-order chi connectivity index (χ1) is 12.2. The van der Waals surface area contributed by atoms with Crippen molar-refractivity contribution in [2.75, 3.05) is 31.6 Å². The van der Waals surface area contributed by atoms with Gasteiger partial charge in [-0.3, -0.25) is 4.79 Å². The summed E-state index contributed by atoms with van der Waals surface area (Å²) in [5.74, 6) is 1.53. The summed E-state index contributed by atoms with van der Waals surface area (Å²) in [4.78, 5) is 18.4. The van der Waals surface area contributed by atoms with Crippen LogP contribution in [0.25, 0.3) is 0 Å². The molecule has 0 aliphatic carbocycles. The van der Waals surface area contributed by atoms with Gasteiger partial charge in [0, 0.05) is 25.8 Å². The van der Waals surface area contributed by atoms with Crippen LogP contribution in [0, 0.1) is 0 Å². The number of nitrogens with zero attached hydrogens (tertiary/aromatic N) is 2. The van der Waals surface area contributed by atoms with Crippen LogP contribution in [0.1, 0.15) is 22.3 Å². The lowest BCUT2D eigenvalue weighted by Gasteiger charge is -2.36. The first-order valence-electron chi connectivity index (χ1n) is 8.46. The summed E-state index contributed by atoms with van der Waals surface area (Å²) in [5.41, 5.74) is 1.77. The fourth-order valence-electron chi connectivity index (χ4n) is 2.74. The first kappa shape index (κ1) is 17.2. The van der Waals surface area contributed by atoms with Crippen LogP contribution in [0.2, 0.25) is 0 Å². The third-order valence-electron chi connectivity index (χ3n) is 4.28. The van der Waals surface area contributed by atoms with Gasteiger partial charge in [0.25, 0.3) is 5.91 Å². The zero-order valence-electron chi connectivity index (χ0n) is 14.3. The van der Waals surface area contributed by atoms with Crippen LogP contribution in [0.3, 0.4) is 0 Å². The zero-order chi connectivity index (χ0) is 17.6. The number of hydrogen-bond acceptors (Lipinski definition) is 5. The molecule has 25 heavy (non-hydrogen) atoms. The number of hydrogen-bond donors (Lipinski definition) is 2. The molecule has 0 saturated carbocycles. The van der Waals surface area contributed by atoms with E-state index in [4.69, 9.17) is 4.74 Å². The Morgan fingerprint density at radius 2 is 2.04 bits per heavy atom. The van der Waals surface area contributed by atoms with Gasteiger partial charge in [-0.05, 0) is 42.7 Å². The Bertz CT molecular complexity index is 695. The molecule has 6 heteroatoms. The van der Waals surface area contributed by atoms with Crippen molar-refractivity contribution in [3.63, 3.8) is 0 Å². The maximum absolute atomic E-state index is 12.1. The van der Waals surface area contributed by atoms with Crippen molar-refractivity contribution < 1.29 is 14.6 Å². The highest BCUT2D eigenvalue weighted by atomic mass is 16.5. The molecular formula is C19H23N3O3. The third-order valence-corrected chi connectivity index (χ3v) is 4.28. The molecule has 0 atom stereocenters. The van der Waals surface area contributed by atoms with E-state index in [1.54, 1.807) is 19.4 Å². The number of ether oxygens (including phenoxy) is 1. The van der Waals surface area contributed by atoms with Crippen LogP contribution in [0.4, 0.5) is 5.82 Å². The molecule has 1 saturated heterocycles. The number of aliphatic hydroxyl groups excluding tert-OH is 1. The molecule has 0 unspecified atom stereocenters. The molecule has 6 nitrogen and oxygen atoms in total.